The number of aliphatic hydroxyl groups is 1. The molecule has 0 amide bonds. The molecule has 5 rings (SSSR count). The van der Waals surface area contributed by atoms with Crippen LogP contribution in [0.25, 0.3) is 0 Å². The Morgan fingerprint density at radius 3 is 2.65 bits per heavy atom. The smallest absolute Gasteiger partial charge is 0.182 e. The number of ketones is 2. The van der Waals surface area contributed by atoms with Crippen LogP contribution in [0.15, 0.2) is 11.6 Å². The summed E-state index contributed by atoms with van der Waals surface area (Å²) in [6.07, 6.45) is 2.26. The van der Waals surface area contributed by atoms with E-state index >= 15 is 4.39 Å². The summed E-state index contributed by atoms with van der Waals surface area (Å²) in [7, 11) is 0. The molecule has 4 aliphatic carbocycles. The molecular weight excluding hydrogens is 423 g/mol. The minimum absolute atomic E-state index is 0.0414. The average Bonchev–Trinajstić information content (AvgIpc) is 3.10. The van der Waals surface area contributed by atoms with Crippen molar-refractivity contribution in [1.29, 1.82) is 0 Å². The Hall–Kier alpha value is -0.820. The van der Waals surface area contributed by atoms with Crippen LogP contribution in [0.3, 0.4) is 0 Å². The van der Waals surface area contributed by atoms with E-state index in [1.54, 1.807) is 19.9 Å². The fourth-order valence-corrected chi connectivity index (χ4v) is 8.62. The standard InChI is InChI=1S/C24H32ClFO5/c1-20(2)30-19-10-16-21(3)8-7-13-9-14(27)5-6-15(13)23(21,26)17(28)11-22(16,4)24(19,31-20)18(29)12-25/h9,15-17,19,28H,5-8,10-12H2,1-4H3. The van der Waals surface area contributed by atoms with E-state index in [0.717, 1.165) is 5.57 Å². The first kappa shape index (κ1) is 22.0. The topological polar surface area (TPSA) is 72.8 Å². The van der Waals surface area contributed by atoms with Crippen molar-refractivity contribution < 1.29 is 28.6 Å². The molecule has 4 fully saturated rings. The van der Waals surface area contributed by atoms with E-state index in [2.05, 4.69) is 0 Å². The van der Waals surface area contributed by atoms with E-state index in [9.17, 15) is 14.7 Å². The highest BCUT2D eigenvalue weighted by Crippen LogP contribution is 2.74. The van der Waals surface area contributed by atoms with Crippen molar-refractivity contribution >= 4 is 23.2 Å². The lowest BCUT2D eigenvalue weighted by Crippen LogP contribution is -2.71. The van der Waals surface area contributed by atoms with Gasteiger partial charge in [-0.15, -0.1) is 11.6 Å². The van der Waals surface area contributed by atoms with Crippen molar-refractivity contribution in [1.82, 2.24) is 0 Å². The Kier molecular flexibility index (Phi) is 4.54. The fraction of sp³-hybridized carbons (Fsp3) is 0.833. The molecule has 3 saturated carbocycles. The summed E-state index contributed by atoms with van der Waals surface area (Å²) in [5.74, 6) is -2.08. The minimum atomic E-state index is -1.86. The SMILES string of the molecule is CC1(C)OC2CC3C(C)(CC(O)C4(F)C5CCC(=O)C=C5CCC34C)C2(C(=O)CCl)O1. The first-order valence-corrected chi connectivity index (χ1v) is 12.0. The summed E-state index contributed by atoms with van der Waals surface area (Å²) in [5, 5.41) is 11.4. The average molecular weight is 455 g/mol. The van der Waals surface area contributed by atoms with Crippen LogP contribution >= 0.6 is 11.6 Å². The predicted octanol–water partition coefficient (Wildman–Crippen LogP) is 3.89. The molecule has 0 spiro atoms. The fourth-order valence-electron chi connectivity index (χ4n) is 8.42. The number of hydrogen-bond acceptors (Lipinski definition) is 5. The third-order valence-electron chi connectivity index (χ3n) is 9.55. The van der Waals surface area contributed by atoms with Gasteiger partial charge in [0.15, 0.2) is 23.0 Å². The zero-order chi connectivity index (χ0) is 22.6. The number of aliphatic hydroxyl groups excluding tert-OH is 1. The lowest BCUT2D eigenvalue weighted by molar-refractivity contribution is -0.265. The van der Waals surface area contributed by atoms with Gasteiger partial charge in [-0.25, -0.2) is 4.39 Å². The second-order valence-electron chi connectivity index (χ2n) is 11.3. The summed E-state index contributed by atoms with van der Waals surface area (Å²) in [4.78, 5) is 25.3. The van der Waals surface area contributed by atoms with Crippen LogP contribution < -0.4 is 0 Å². The normalized spacial score (nSPS) is 52.6. The van der Waals surface area contributed by atoms with Gasteiger partial charge in [-0.2, -0.15) is 0 Å². The van der Waals surface area contributed by atoms with Crippen molar-refractivity contribution in [3.05, 3.63) is 11.6 Å². The number of hydrogen-bond donors (Lipinski definition) is 1. The lowest BCUT2D eigenvalue weighted by atomic mass is 9.42. The van der Waals surface area contributed by atoms with Gasteiger partial charge in [0, 0.05) is 23.2 Å². The van der Waals surface area contributed by atoms with Gasteiger partial charge >= 0.3 is 0 Å². The number of Topliss-reactive ketones (excluding diaryl/α,β-unsaturated/α-hetero) is 1. The highest BCUT2D eigenvalue weighted by Gasteiger charge is 2.81. The second kappa shape index (κ2) is 6.40. The van der Waals surface area contributed by atoms with Crippen LogP contribution in [-0.4, -0.2) is 51.8 Å². The van der Waals surface area contributed by atoms with E-state index < -0.39 is 46.0 Å². The summed E-state index contributed by atoms with van der Waals surface area (Å²) in [5.41, 5.74) is -4.01. The largest absolute Gasteiger partial charge is 0.390 e. The number of allylic oxidation sites excluding steroid dienone is 1. The molecule has 0 aromatic rings. The summed E-state index contributed by atoms with van der Waals surface area (Å²) in [6.45, 7) is 7.45. The van der Waals surface area contributed by atoms with Crippen molar-refractivity contribution in [3.8, 4) is 0 Å². The van der Waals surface area contributed by atoms with Gasteiger partial charge in [-0.1, -0.05) is 19.4 Å². The number of alkyl halides is 2. The minimum Gasteiger partial charge on any atom is -0.390 e. The molecule has 172 valence electrons. The summed E-state index contributed by atoms with van der Waals surface area (Å²) in [6, 6.07) is 0. The first-order valence-electron chi connectivity index (χ1n) is 11.4. The quantitative estimate of drug-likeness (QED) is 0.641. The van der Waals surface area contributed by atoms with E-state index in [-0.39, 0.29) is 29.8 Å². The Balaban J connectivity index is 1.65. The van der Waals surface area contributed by atoms with Crippen LogP contribution in [0.4, 0.5) is 4.39 Å². The molecular formula is C24H32ClFO5. The Morgan fingerprint density at radius 2 is 1.97 bits per heavy atom. The second-order valence-corrected chi connectivity index (χ2v) is 11.6. The number of fused-ring (bicyclic) bond motifs is 7. The van der Waals surface area contributed by atoms with Crippen LogP contribution in [0.2, 0.25) is 0 Å². The van der Waals surface area contributed by atoms with Gasteiger partial charge < -0.3 is 14.6 Å². The third kappa shape index (κ3) is 2.43. The summed E-state index contributed by atoms with van der Waals surface area (Å²) >= 11 is 6.06. The van der Waals surface area contributed by atoms with Crippen LogP contribution in [0.1, 0.15) is 66.2 Å². The molecule has 0 bridgehead atoms. The molecule has 0 aromatic carbocycles. The monoisotopic (exact) mass is 454 g/mol. The number of carbonyl (C=O) groups is 2. The number of carbonyl (C=O) groups excluding carboxylic acids is 2. The number of ether oxygens (including phenoxy) is 2. The highest BCUT2D eigenvalue weighted by molar-refractivity contribution is 6.29. The van der Waals surface area contributed by atoms with Crippen LogP contribution in [0, 0.1) is 22.7 Å². The first-order chi connectivity index (χ1) is 14.4. The van der Waals surface area contributed by atoms with Gasteiger partial charge in [-0.05, 0) is 57.9 Å². The molecule has 0 radical (unpaired) electrons. The summed E-state index contributed by atoms with van der Waals surface area (Å²) < 4.78 is 29.8. The number of halogens is 2. The zero-order valence-electron chi connectivity index (χ0n) is 18.7. The molecule has 0 aromatic heterocycles. The molecule has 1 saturated heterocycles. The zero-order valence-corrected chi connectivity index (χ0v) is 19.4. The van der Waals surface area contributed by atoms with Crippen molar-refractivity contribution in [3.63, 3.8) is 0 Å². The van der Waals surface area contributed by atoms with Crippen molar-refractivity contribution in [2.45, 2.75) is 95.5 Å². The predicted molar refractivity (Wildman–Crippen MR) is 112 cm³/mol. The molecule has 8 atom stereocenters. The lowest BCUT2D eigenvalue weighted by Gasteiger charge is -2.65. The van der Waals surface area contributed by atoms with Gasteiger partial charge in [-0.3, -0.25) is 9.59 Å². The third-order valence-corrected chi connectivity index (χ3v) is 9.79. The Bertz CT molecular complexity index is 887. The molecule has 1 heterocycles. The van der Waals surface area contributed by atoms with Crippen LogP contribution in [-0.2, 0) is 19.1 Å². The molecule has 31 heavy (non-hydrogen) atoms. The molecule has 7 heteroatoms. The van der Waals surface area contributed by atoms with Crippen molar-refractivity contribution in [2.24, 2.45) is 22.7 Å². The van der Waals surface area contributed by atoms with Gasteiger partial charge in [0.25, 0.3) is 0 Å². The Labute approximate surface area is 187 Å². The molecule has 5 aliphatic rings. The van der Waals surface area contributed by atoms with E-state index in [1.165, 1.54) is 0 Å². The molecule has 8 unspecified atom stereocenters. The number of rotatable bonds is 2. The van der Waals surface area contributed by atoms with E-state index in [4.69, 9.17) is 21.1 Å². The highest BCUT2D eigenvalue weighted by atomic mass is 35.5. The molecule has 5 nitrogen and oxygen atoms in total. The van der Waals surface area contributed by atoms with Crippen LogP contribution in [0.5, 0.6) is 0 Å². The maximum Gasteiger partial charge on any atom is 0.182 e. The molecule has 1 N–H and O–H groups in total. The Morgan fingerprint density at radius 1 is 1.26 bits per heavy atom. The molecule has 1 aliphatic heterocycles. The van der Waals surface area contributed by atoms with E-state index in [0.29, 0.717) is 32.1 Å². The van der Waals surface area contributed by atoms with Gasteiger partial charge in [0.1, 0.15) is 5.67 Å². The van der Waals surface area contributed by atoms with Gasteiger partial charge in [0.05, 0.1) is 18.1 Å². The van der Waals surface area contributed by atoms with Gasteiger partial charge in [0.2, 0.25) is 0 Å². The van der Waals surface area contributed by atoms with E-state index in [1.807, 2.05) is 13.8 Å². The van der Waals surface area contributed by atoms with Crippen molar-refractivity contribution in [2.75, 3.05) is 5.88 Å². The maximum absolute atomic E-state index is 17.2. The maximum atomic E-state index is 17.2.